The van der Waals surface area contributed by atoms with Gasteiger partial charge in [0.1, 0.15) is 5.82 Å². The van der Waals surface area contributed by atoms with Crippen molar-refractivity contribution >= 4 is 39.3 Å². The van der Waals surface area contributed by atoms with Crippen LogP contribution >= 0.6 is 15.9 Å². The van der Waals surface area contributed by atoms with Gasteiger partial charge in [-0.25, -0.2) is 13.8 Å². The van der Waals surface area contributed by atoms with Gasteiger partial charge in [0.05, 0.1) is 24.5 Å². The highest BCUT2D eigenvalue weighted by Gasteiger charge is 2.56. The summed E-state index contributed by atoms with van der Waals surface area (Å²) in [4.78, 5) is 26.6. The number of aryl methyl sites for hydroxylation is 1. The van der Waals surface area contributed by atoms with E-state index >= 15 is 0 Å². The summed E-state index contributed by atoms with van der Waals surface area (Å²) in [7, 11) is 0. The van der Waals surface area contributed by atoms with Gasteiger partial charge in [0.2, 0.25) is 5.95 Å². The predicted molar refractivity (Wildman–Crippen MR) is 159 cm³/mol. The van der Waals surface area contributed by atoms with E-state index in [9.17, 15) is 13.6 Å². The zero-order chi connectivity index (χ0) is 28.6. The van der Waals surface area contributed by atoms with Crippen LogP contribution in [-0.2, 0) is 11.3 Å². The summed E-state index contributed by atoms with van der Waals surface area (Å²) in [5, 5.41) is 2.94. The van der Waals surface area contributed by atoms with Gasteiger partial charge < -0.3 is 19.9 Å². The van der Waals surface area contributed by atoms with Crippen molar-refractivity contribution in [3.8, 4) is 0 Å². The molecule has 2 unspecified atom stereocenters. The molecular weight excluding hydrogens is 592 g/mol. The van der Waals surface area contributed by atoms with E-state index < -0.39 is 5.92 Å². The lowest BCUT2D eigenvalue weighted by molar-refractivity contribution is -0.0222. The molecule has 0 spiro atoms. The van der Waals surface area contributed by atoms with Gasteiger partial charge in [-0.1, -0.05) is 46.3 Å². The third-order valence-corrected chi connectivity index (χ3v) is 9.08. The molecule has 216 valence electrons. The highest BCUT2D eigenvalue weighted by Crippen LogP contribution is 2.58. The number of anilines is 3. The fourth-order valence-corrected chi connectivity index (χ4v) is 6.41. The quantitative estimate of drug-likeness (QED) is 0.309. The molecule has 0 radical (unpaired) electrons. The van der Waals surface area contributed by atoms with Crippen LogP contribution in [0.5, 0.6) is 0 Å². The number of benzene rings is 2. The molecular formula is C31H34BrF2N5O2. The first-order valence-corrected chi connectivity index (χ1v) is 15.0. The van der Waals surface area contributed by atoms with E-state index in [1.165, 1.54) is 5.56 Å². The lowest BCUT2D eigenvalue weighted by Crippen LogP contribution is -2.40. The number of piperidine rings is 2. The van der Waals surface area contributed by atoms with Gasteiger partial charge in [-0.05, 0) is 49.4 Å². The molecule has 2 aliphatic heterocycles. The molecule has 1 aliphatic carbocycles. The number of alkyl halides is 2. The Kier molecular flexibility index (Phi) is 7.72. The summed E-state index contributed by atoms with van der Waals surface area (Å²) >= 11 is 3.58. The van der Waals surface area contributed by atoms with E-state index in [-0.39, 0.29) is 37.3 Å². The van der Waals surface area contributed by atoms with E-state index in [4.69, 9.17) is 4.74 Å². The number of aromatic nitrogens is 2. The number of nitrogens with one attached hydrogen (secondary N) is 1. The van der Waals surface area contributed by atoms with Crippen LogP contribution in [0.3, 0.4) is 0 Å². The van der Waals surface area contributed by atoms with Gasteiger partial charge in [0.15, 0.2) is 0 Å². The normalized spacial score (nSPS) is 23.2. The molecule has 41 heavy (non-hydrogen) atoms. The maximum absolute atomic E-state index is 13.7. The first-order valence-electron chi connectivity index (χ1n) is 14.2. The molecule has 1 saturated carbocycles. The van der Waals surface area contributed by atoms with Crippen LogP contribution in [0.2, 0.25) is 0 Å². The van der Waals surface area contributed by atoms with Crippen molar-refractivity contribution in [3.63, 3.8) is 0 Å². The Labute approximate surface area is 247 Å². The molecule has 6 rings (SSSR count). The van der Waals surface area contributed by atoms with E-state index in [0.717, 1.165) is 42.7 Å². The molecule has 2 saturated heterocycles. The summed E-state index contributed by atoms with van der Waals surface area (Å²) in [5.74, 6) is -1.66. The third-order valence-electron chi connectivity index (χ3n) is 8.59. The minimum absolute atomic E-state index is 0.176. The number of carbonyl (C=O) groups excluding carboxylic acids is 1. The highest BCUT2D eigenvalue weighted by atomic mass is 79.9. The Balaban J connectivity index is 1.12. The molecule has 7 nitrogen and oxygen atoms in total. The van der Waals surface area contributed by atoms with Gasteiger partial charge in [-0.3, -0.25) is 4.79 Å². The first kappa shape index (κ1) is 28.0. The second kappa shape index (κ2) is 11.3. The Morgan fingerprint density at radius 1 is 1.05 bits per heavy atom. The molecule has 3 aromatic rings. The Hall–Kier alpha value is -3.11. The number of carbonyl (C=O) groups is 1. The molecule has 3 aliphatic rings. The molecule has 1 amide bonds. The molecule has 1 aromatic heterocycles. The summed E-state index contributed by atoms with van der Waals surface area (Å²) in [6, 6.07) is 17.6. The second-order valence-electron chi connectivity index (χ2n) is 11.6. The number of hydrogen-bond donors (Lipinski definition) is 1. The molecule has 3 heterocycles. The number of rotatable bonds is 8. The zero-order valence-corrected chi connectivity index (χ0v) is 24.7. The highest BCUT2D eigenvalue weighted by molar-refractivity contribution is 9.10. The van der Waals surface area contributed by atoms with Crippen LogP contribution in [0.4, 0.5) is 26.2 Å². The van der Waals surface area contributed by atoms with E-state index in [0.29, 0.717) is 35.5 Å². The number of ether oxygens (including phenoxy) is 1. The number of hydrogen-bond acceptors (Lipinski definition) is 6. The van der Waals surface area contributed by atoms with Crippen LogP contribution in [0.15, 0.2) is 59.1 Å². The average molecular weight is 627 g/mol. The van der Waals surface area contributed by atoms with Crippen molar-refractivity contribution < 1.29 is 18.3 Å². The number of fused-ring (bicyclic) bond motifs is 1. The van der Waals surface area contributed by atoms with Crippen LogP contribution in [-0.4, -0.2) is 54.6 Å². The third kappa shape index (κ3) is 6.38. The zero-order valence-electron chi connectivity index (χ0n) is 23.1. The molecule has 2 atom stereocenters. The fourth-order valence-electron chi connectivity index (χ4n) is 6.06. The second-order valence-corrected chi connectivity index (χ2v) is 12.5. The van der Waals surface area contributed by atoms with Crippen LogP contribution < -0.4 is 15.1 Å². The summed E-state index contributed by atoms with van der Waals surface area (Å²) in [6.07, 6.45) is 1.69. The summed E-state index contributed by atoms with van der Waals surface area (Å²) in [5.41, 5.74) is 3.53. The van der Waals surface area contributed by atoms with Crippen LogP contribution in [0.25, 0.3) is 0 Å². The van der Waals surface area contributed by atoms with Crippen molar-refractivity contribution in [1.29, 1.82) is 0 Å². The minimum Gasteiger partial charge on any atom is -0.376 e. The topological polar surface area (TPSA) is 70.6 Å². The Bertz CT molecular complexity index is 1410. The standard InChI is InChI=1S/C31H34BrF2N5O2/c1-21-15-27(37-29(35-21)38-13-10-31(33,34)11-14-38)36-28(40)25-8-7-24(32)16-26(25)39-12-9-30(17-23(30)18-39)20-41-19-22-5-3-2-4-6-22/h2-8,15-16,23H,9-14,17-20H2,1H3,(H,35,36,37,40). The van der Waals surface area contributed by atoms with Crippen molar-refractivity contribution in [1.82, 2.24) is 9.97 Å². The molecule has 3 fully saturated rings. The van der Waals surface area contributed by atoms with E-state index in [1.807, 2.05) is 43.3 Å². The van der Waals surface area contributed by atoms with Gasteiger partial charge in [-0.2, -0.15) is 4.98 Å². The lowest BCUT2D eigenvalue weighted by Gasteiger charge is -2.34. The SMILES string of the molecule is Cc1cc(NC(=O)c2ccc(Br)cc2N2CCC3(COCc4ccccc4)CC3C2)nc(N2CCC(F)(F)CC2)n1. The van der Waals surface area contributed by atoms with Gasteiger partial charge in [0.25, 0.3) is 11.8 Å². The maximum Gasteiger partial charge on any atom is 0.258 e. The molecule has 2 aromatic carbocycles. The first-order chi connectivity index (χ1) is 19.7. The number of amides is 1. The lowest BCUT2D eigenvalue weighted by atomic mass is 9.95. The van der Waals surface area contributed by atoms with Gasteiger partial charge >= 0.3 is 0 Å². The fraction of sp³-hybridized carbons (Fsp3) is 0.452. The number of nitrogens with zero attached hydrogens (tertiary/aromatic N) is 4. The van der Waals surface area contributed by atoms with Crippen molar-refractivity contribution in [2.75, 3.05) is 47.9 Å². The summed E-state index contributed by atoms with van der Waals surface area (Å²) in [6.45, 7) is 5.27. The Morgan fingerprint density at radius 2 is 1.80 bits per heavy atom. The largest absolute Gasteiger partial charge is 0.376 e. The summed E-state index contributed by atoms with van der Waals surface area (Å²) < 4.78 is 34.4. The Morgan fingerprint density at radius 3 is 2.56 bits per heavy atom. The van der Waals surface area contributed by atoms with Crippen molar-refractivity contribution in [3.05, 3.63) is 75.9 Å². The van der Waals surface area contributed by atoms with Gasteiger partial charge in [-0.15, -0.1) is 0 Å². The minimum atomic E-state index is -2.65. The van der Waals surface area contributed by atoms with Crippen molar-refractivity contribution in [2.24, 2.45) is 11.3 Å². The van der Waals surface area contributed by atoms with Crippen LogP contribution in [0, 0.1) is 18.3 Å². The number of halogens is 3. The maximum atomic E-state index is 13.7. The molecule has 0 bridgehead atoms. The molecule has 10 heteroatoms. The van der Waals surface area contributed by atoms with E-state index in [2.05, 4.69) is 48.2 Å². The smallest absolute Gasteiger partial charge is 0.258 e. The van der Waals surface area contributed by atoms with Gasteiger partial charge in [0, 0.05) is 60.7 Å². The van der Waals surface area contributed by atoms with E-state index in [1.54, 1.807) is 11.0 Å². The predicted octanol–water partition coefficient (Wildman–Crippen LogP) is 6.47. The average Bonchev–Trinajstić information content (AvgIpc) is 3.66. The molecule has 1 N–H and O–H groups in total. The monoisotopic (exact) mass is 625 g/mol. The van der Waals surface area contributed by atoms with Crippen molar-refractivity contribution in [2.45, 2.75) is 45.1 Å². The van der Waals surface area contributed by atoms with Crippen LogP contribution in [0.1, 0.15) is 47.3 Å².